The highest BCUT2D eigenvalue weighted by atomic mass is 15.3. The third-order valence-corrected chi connectivity index (χ3v) is 1.56. The molecular formula is C7H13N5. The Bertz CT molecular complexity index is 212. The summed E-state index contributed by atoms with van der Waals surface area (Å²) < 4.78 is 0. The molecule has 5 nitrogen and oxygen atoms in total. The number of rotatable bonds is 4. The van der Waals surface area contributed by atoms with Crippen molar-refractivity contribution in [1.29, 1.82) is 0 Å². The molecule has 0 spiro atoms. The fourth-order valence-corrected chi connectivity index (χ4v) is 0.810. The van der Waals surface area contributed by atoms with Gasteiger partial charge in [0, 0.05) is 20.1 Å². The summed E-state index contributed by atoms with van der Waals surface area (Å²) in [4.78, 5) is 5.87. The van der Waals surface area contributed by atoms with Gasteiger partial charge in [-0.05, 0) is 7.05 Å². The van der Waals surface area contributed by atoms with Crippen LogP contribution in [0.2, 0.25) is 0 Å². The first-order valence-corrected chi connectivity index (χ1v) is 3.83. The Morgan fingerprint density at radius 1 is 1.58 bits per heavy atom. The van der Waals surface area contributed by atoms with E-state index in [0.717, 1.165) is 18.9 Å². The van der Waals surface area contributed by atoms with E-state index in [9.17, 15) is 0 Å². The maximum Gasteiger partial charge on any atom is 0.169 e. The van der Waals surface area contributed by atoms with Crippen LogP contribution in [0.25, 0.3) is 0 Å². The molecule has 0 atom stereocenters. The third kappa shape index (κ3) is 2.43. The van der Waals surface area contributed by atoms with E-state index in [1.807, 2.05) is 19.0 Å². The summed E-state index contributed by atoms with van der Waals surface area (Å²) >= 11 is 0. The van der Waals surface area contributed by atoms with E-state index in [1.54, 1.807) is 6.20 Å². The first-order valence-electron chi connectivity index (χ1n) is 3.83. The molecule has 1 heterocycles. The maximum atomic E-state index is 3.92. The van der Waals surface area contributed by atoms with Crippen molar-refractivity contribution in [3.63, 3.8) is 0 Å². The lowest BCUT2D eigenvalue weighted by atomic mass is 10.5. The molecule has 0 radical (unpaired) electrons. The van der Waals surface area contributed by atoms with E-state index in [4.69, 9.17) is 0 Å². The molecule has 0 amide bonds. The van der Waals surface area contributed by atoms with Gasteiger partial charge in [-0.15, -0.1) is 10.2 Å². The fraction of sp³-hybridized carbons (Fsp3) is 0.571. The van der Waals surface area contributed by atoms with Crippen LogP contribution >= 0.6 is 0 Å². The van der Waals surface area contributed by atoms with Crippen LogP contribution in [0.15, 0.2) is 12.5 Å². The highest BCUT2D eigenvalue weighted by Gasteiger charge is 1.99. The van der Waals surface area contributed by atoms with Crippen LogP contribution in [0, 0.1) is 0 Å². The number of likely N-dealkylation sites (N-methyl/N-ethyl adjacent to an activating group) is 2. The summed E-state index contributed by atoms with van der Waals surface area (Å²) in [7, 11) is 3.88. The Morgan fingerprint density at radius 3 is 3.00 bits per heavy atom. The van der Waals surface area contributed by atoms with Gasteiger partial charge in [0.1, 0.15) is 6.33 Å². The molecule has 66 valence electrons. The highest BCUT2D eigenvalue weighted by Crippen LogP contribution is 2.01. The summed E-state index contributed by atoms with van der Waals surface area (Å²) in [6.07, 6.45) is 3.12. The molecule has 0 aliphatic carbocycles. The van der Waals surface area contributed by atoms with E-state index >= 15 is 0 Å². The van der Waals surface area contributed by atoms with Crippen LogP contribution in [0.5, 0.6) is 0 Å². The SMILES string of the molecule is CNCCN(C)c1cncnn1. The van der Waals surface area contributed by atoms with Crippen molar-refractivity contribution in [2.24, 2.45) is 0 Å². The quantitative estimate of drug-likeness (QED) is 0.657. The van der Waals surface area contributed by atoms with Gasteiger partial charge in [-0.2, -0.15) is 0 Å². The van der Waals surface area contributed by atoms with Crippen LogP contribution in [-0.2, 0) is 0 Å². The molecular weight excluding hydrogens is 154 g/mol. The average molecular weight is 167 g/mol. The molecule has 1 N–H and O–H groups in total. The summed E-state index contributed by atoms with van der Waals surface area (Å²) in [5.41, 5.74) is 0. The minimum atomic E-state index is 0.799. The zero-order chi connectivity index (χ0) is 8.81. The van der Waals surface area contributed by atoms with Gasteiger partial charge in [0.15, 0.2) is 5.82 Å². The first-order chi connectivity index (χ1) is 5.84. The molecule has 0 aliphatic rings. The number of aromatic nitrogens is 3. The molecule has 0 saturated carbocycles. The lowest BCUT2D eigenvalue weighted by Gasteiger charge is -2.15. The van der Waals surface area contributed by atoms with Gasteiger partial charge >= 0.3 is 0 Å². The van der Waals surface area contributed by atoms with Crippen molar-refractivity contribution in [1.82, 2.24) is 20.5 Å². The molecule has 0 aliphatic heterocycles. The summed E-state index contributed by atoms with van der Waals surface area (Å²) in [5.74, 6) is 0.799. The Hall–Kier alpha value is -1.23. The van der Waals surface area contributed by atoms with Gasteiger partial charge in [-0.25, -0.2) is 4.98 Å². The van der Waals surface area contributed by atoms with Gasteiger partial charge in [0.25, 0.3) is 0 Å². The van der Waals surface area contributed by atoms with Gasteiger partial charge in [-0.1, -0.05) is 0 Å². The molecule has 0 bridgehead atoms. The summed E-state index contributed by atoms with van der Waals surface area (Å²) in [6, 6.07) is 0. The van der Waals surface area contributed by atoms with Crippen LogP contribution in [0.4, 0.5) is 5.82 Å². The molecule has 0 saturated heterocycles. The molecule has 12 heavy (non-hydrogen) atoms. The van der Waals surface area contributed by atoms with Crippen molar-refractivity contribution in [3.8, 4) is 0 Å². The number of nitrogens with zero attached hydrogens (tertiary/aromatic N) is 4. The second-order valence-electron chi connectivity index (χ2n) is 2.49. The van der Waals surface area contributed by atoms with Gasteiger partial charge in [0.2, 0.25) is 0 Å². The normalized spacial score (nSPS) is 9.83. The Balaban J connectivity index is 2.48. The lowest BCUT2D eigenvalue weighted by Crippen LogP contribution is -2.27. The second-order valence-corrected chi connectivity index (χ2v) is 2.49. The van der Waals surface area contributed by atoms with Crippen LogP contribution in [-0.4, -0.2) is 42.4 Å². The summed E-state index contributed by atoms with van der Waals surface area (Å²) in [5, 5.41) is 10.7. The lowest BCUT2D eigenvalue weighted by molar-refractivity contribution is 0.752. The van der Waals surface area contributed by atoms with Crippen LogP contribution < -0.4 is 10.2 Å². The van der Waals surface area contributed by atoms with E-state index in [1.165, 1.54) is 6.33 Å². The molecule has 0 aromatic carbocycles. The van der Waals surface area contributed by atoms with Crippen molar-refractivity contribution >= 4 is 5.82 Å². The monoisotopic (exact) mass is 167 g/mol. The zero-order valence-electron chi connectivity index (χ0n) is 7.36. The van der Waals surface area contributed by atoms with Gasteiger partial charge in [-0.3, -0.25) is 0 Å². The van der Waals surface area contributed by atoms with Crippen molar-refractivity contribution in [2.45, 2.75) is 0 Å². The Morgan fingerprint density at radius 2 is 2.42 bits per heavy atom. The van der Waals surface area contributed by atoms with E-state index in [-0.39, 0.29) is 0 Å². The largest absolute Gasteiger partial charge is 0.356 e. The number of nitrogens with one attached hydrogen (secondary N) is 1. The Labute approximate surface area is 71.8 Å². The minimum Gasteiger partial charge on any atom is -0.356 e. The molecule has 1 aromatic rings. The predicted molar refractivity (Wildman–Crippen MR) is 47.0 cm³/mol. The number of hydrogen-bond acceptors (Lipinski definition) is 5. The topological polar surface area (TPSA) is 53.9 Å². The first kappa shape index (κ1) is 8.86. The molecule has 5 heteroatoms. The highest BCUT2D eigenvalue weighted by molar-refractivity contribution is 5.31. The maximum absolute atomic E-state index is 3.92. The summed E-state index contributed by atoms with van der Waals surface area (Å²) in [6.45, 7) is 1.82. The van der Waals surface area contributed by atoms with Crippen molar-refractivity contribution in [3.05, 3.63) is 12.5 Å². The second kappa shape index (κ2) is 4.61. The molecule has 1 rings (SSSR count). The molecule has 0 fully saturated rings. The minimum absolute atomic E-state index is 0.799. The van der Waals surface area contributed by atoms with Crippen molar-refractivity contribution < 1.29 is 0 Å². The third-order valence-electron chi connectivity index (χ3n) is 1.56. The fourth-order valence-electron chi connectivity index (χ4n) is 0.810. The van der Waals surface area contributed by atoms with E-state index in [2.05, 4.69) is 20.5 Å². The van der Waals surface area contributed by atoms with Gasteiger partial charge < -0.3 is 10.2 Å². The standard InChI is InChI=1S/C7H13N5/c1-8-3-4-12(2)7-5-9-6-10-11-7/h5-6,8H,3-4H2,1-2H3. The van der Waals surface area contributed by atoms with Gasteiger partial charge in [0.05, 0.1) is 6.20 Å². The number of anilines is 1. The smallest absolute Gasteiger partial charge is 0.169 e. The van der Waals surface area contributed by atoms with E-state index in [0.29, 0.717) is 0 Å². The average Bonchev–Trinajstić information content (AvgIpc) is 2.15. The van der Waals surface area contributed by atoms with Crippen molar-refractivity contribution in [2.75, 3.05) is 32.1 Å². The molecule has 1 aromatic heterocycles. The predicted octanol–water partition coefficient (Wildman–Crippen LogP) is -0.473. The van der Waals surface area contributed by atoms with Crippen LogP contribution in [0.3, 0.4) is 0 Å². The van der Waals surface area contributed by atoms with Crippen LogP contribution in [0.1, 0.15) is 0 Å². The Kier molecular flexibility index (Phi) is 3.40. The van der Waals surface area contributed by atoms with E-state index < -0.39 is 0 Å². The molecule has 0 unspecified atom stereocenters. The number of hydrogen-bond donors (Lipinski definition) is 1. The zero-order valence-corrected chi connectivity index (χ0v) is 7.36.